The van der Waals surface area contributed by atoms with E-state index in [1.165, 1.54) is 12.3 Å². The van der Waals surface area contributed by atoms with Crippen LogP contribution in [0.15, 0.2) is 43.9 Å². The van der Waals surface area contributed by atoms with Gasteiger partial charge in [0.1, 0.15) is 5.76 Å². The molecule has 2 rings (SSSR count). The number of nitrogens with one attached hydrogen (secondary N) is 1. The van der Waals surface area contributed by atoms with Crippen molar-refractivity contribution >= 4 is 31.9 Å². The lowest BCUT2D eigenvalue weighted by Gasteiger charge is -2.20. The van der Waals surface area contributed by atoms with Crippen LogP contribution in [-0.4, -0.2) is 6.54 Å². The molecule has 0 bridgehead atoms. The van der Waals surface area contributed by atoms with Gasteiger partial charge in [-0.05, 0) is 52.3 Å². The van der Waals surface area contributed by atoms with Crippen LogP contribution in [0.3, 0.4) is 0 Å². The summed E-state index contributed by atoms with van der Waals surface area (Å²) in [5.74, 6) is 0.539. The number of hydrogen-bond donors (Lipinski definition) is 1. The van der Waals surface area contributed by atoms with Crippen LogP contribution in [0.25, 0.3) is 0 Å². The van der Waals surface area contributed by atoms with Crippen LogP contribution in [0.4, 0.5) is 13.2 Å². The Hall–Kier alpha value is -0.790. The van der Waals surface area contributed by atoms with Gasteiger partial charge in [0, 0.05) is 4.47 Å². The van der Waals surface area contributed by atoms with Gasteiger partial charge < -0.3 is 9.73 Å². The molecule has 0 aliphatic rings. The van der Waals surface area contributed by atoms with E-state index < -0.39 is 17.8 Å². The van der Waals surface area contributed by atoms with Crippen molar-refractivity contribution in [1.82, 2.24) is 5.32 Å². The molecule has 2 nitrogen and oxygen atoms in total. The Kier molecular flexibility index (Phi) is 5.16. The molecule has 7 heteroatoms. The number of halogens is 5. The molecule has 1 aromatic carbocycles. The summed E-state index contributed by atoms with van der Waals surface area (Å²) in [7, 11) is 0. The zero-order chi connectivity index (χ0) is 15.6. The summed E-state index contributed by atoms with van der Waals surface area (Å²) in [6, 6.07) is 4.82. The third-order valence-electron chi connectivity index (χ3n) is 2.95. The monoisotopic (exact) mass is 425 g/mol. The fraction of sp³-hybridized carbons (Fsp3) is 0.286. The van der Waals surface area contributed by atoms with Crippen LogP contribution in [0, 0.1) is 0 Å². The van der Waals surface area contributed by atoms with Crippen molar-refractivity contribution in [3.8, 4) is 0 Å². The Bertz CT molecular complexity index is 625. The van der Waals surface area contributed by atoms with Crippen LogP contribution in [0.1, 0.15) is 29.9 Å². The Morgan fingerprint density at radius 1 is 1.19 bits per heavy atom. The van der Waals surface area contributed by atoms with Crippen molar-refractivity contribution in [2.24, 2.45) is 0 Å². The molecule has 0 saturated heterocycles. The van der Waals surface area contributed by atoms with Crippen LogP contribution < -0.4 is 5.32 Å². The van der Waals surface area contributed by atoms with Gasteiger partial charge in [-0.2, -0.15) is 13.2 Å². The number of rotatable bonds is 4. The van der Waals surface area contributed by atoms with Gasteiger partial charge in [-0.1, -0.05) is 22.9 Å². The number of hydrogen-bond acceptors (Lipinski definition) is 2. The van der Waals surface area contributed by atoms with Crippen molar-refractivity contribution in [3.63, 3.8) is 0 Å². The molecule has 1 aromatic heterocycles. The minimum absolute atomic E-state index is 0.474. The SMILES string of the molecule is CCNC(c1cc(C(F)(F)F)ccc1Br)c1occc1Br. The molecule has 2 aromatic rings. The molecular weight excluding hydrogens is 415 g/mol. The van der Waals surface area contributed by atoms with E-state index in [0.717, 1.165) is 12.1 Å². The molecule has 1 heterocycles. The summed E-state index contributed by atoms with van der Waals surface area (Å²) in [5.41, 5.74) is -0.214. The Labute approximate surface area is 137 Å². The first-order chi connectivity index (χ1) is 9.84. The first kappa shape index (κ1) is 16.6. The number of benzene rings is 1. The molecule has 0 aliphatic carbocycles. The van der Waals surface area contributed by atoms with Gasteiger partial charge in [0.2, 0.25) is 0 Å². The zero-order valence-corrected chi connectivity index (χ0v) is 14.1. The zero-order valence-electron chi connectivity index (χ0n) is 11.0. The Morgan fingerprint density at radius 3 is 2.43 bits per heavy atom. The highest BCUT2D eigenvalue weighted by Crippen LogP contribution is 2.37. The summed E-state index contributed by atoms with van der Waals surface area (Å²) >= 11 is 6.66. The van der Waals surface area contributed by atoms with Crippen molar-refractivity contribution < 1.29 is 17.6 Å². The number of alkyl halides is 3. The van der Waals surface area contributed by atoms with Gasteiger partial charge in [0.05, 0.1) is 22.3 Å². The number of furan rings is 1. The lowest BCUT2D eigenvalue weighted by Crippen LogP contribution is -2.23. The molecule has 1 unspecified atom stereocenters. The van der Waals surface area contributed by atoms with Crippen molar-refractivity contribution in [2.45, 2.75) is 19.1 Å². The fourth-order valence-electron chi connectivity index (χ4n) is 2.00. The van der Waals surface area contributed by atoms with Crippen molar-refractivity contribution in [2.75, 3.05) is 6.54 Å². The lowest BCUT2D eigenvalue weighted by atomic mass is 10.0. The van der Waals surface area contributed by atoms with Crippen molar-refractivity contribution in [1.29, 1.82) is 0 Å². The molecule has 0 radical (unpaired) electrons. The van der Waals surface area contributed by atoms with E-state index in [1.807, 2.05) is 6.92 Å². The average Bonchev–Trinajstić information content (AvgIpc) is 2.82. The minimum atomic E-state index is -4.38. The first-order valence-corrected chi connectivity index (χ1v) is 7.76. The Morgan fingerprint density at radius 2 is 1.90 bits per heavy atom. The predicted octanol–water partition coefficient (Wildman–Crippen LogP) is 5.52. The summed E-state index contributed by atoms with van der Waals surface area (Å²) in [6.07, 6.45) is -2.89. The van der Waals surface area contributed by atoms with Gasteiger partial charge in [-0.3, -0.25) is 0 Å². The molecule has 0 spiro atoms. The Balaban J connectivity index is 2.52. The normalized spacial score (nSPS) is 13.4. The molecule has 0 aliphatic heterocycles. The van der Waals surface area contributed by atoms with Gasteiger partial charge in [0.15, 0.2) is 0 Å². The maximum absolute atomic E-state index is 12.9. The van der Waals surface area contributed by atoms with Crippen LogP contribution in [0.5, 0.6) is 0 Å². The van der Waals surface area contributed by atoms with E-state index in [2.05, 4.69) is 37.2 Å². The second-order valence-electron chi connectivity index (χ2n) is 4.36. The van der Waals surface area contributed by atoms with E-state index >= 15 is 0 Å². The third kappa shape index (κ3) is 3.70. The average molecular weight is 427 g/mol. The van der Waals surface area contributed by atoms with Crippen molar-refractivity contribution in [3.05, 3.63) is 56.4 Å². The van der Waals surface area contributed by atoms with Gasteiger partial charge in [0.25, 0.3) is 0 Å². The first-order valence-electron chi connectivity index (χ1n) is 6.17. The van der Waals surface area contributed by atoms with Gasteiger partial charge in [-0.25, -0.2) is 0 Å². The standard InChI is InChI=1S/C14H12Br2F3NO/c1-2-20-12(13-11(16)5-6-21-13)9-7-8(14(17,18)19)3-4-10(9)15/h3-7,12,20H,2H2,1H3. The topological polar surface area (TPSA) is 25.2 Å². The molecular formula is C14H12Br2F3NO. The molecule has 1 N–H and O–H groups in total. The van der Waals surface area contributed by atoms with Crippen LogP contribution in [0.2, 0.25) is 0 Å². The molecule has 114 valence electrons. The summed E-state index contributed by atoms with van der Waals surface area (Å²) in [4.78, 5) is 0. The summed E-state index contributed by atoms with van der Waals surface area (Å²) in [6.45, 7) is 2.46. The minimum Gasteiger partial charge on any atom is -0.466 e. The molecule has 0 amide bonds. The van der Waals surface area contributed by atoms with E-state index in [0.29, 0.717) is 26.8 Å². The van der Waals surface area contributed by atoms with Gasteiger partial charge in [-0.15, -0.1) is 0 Å². The maximum atomic E-state index is 12.9. The van der Waals surface area contributed by atoms with E-state index in [9.17, 15) is 13.2 Å². The van der Waals surface area contributed by atoms with Gasteiger partial charge >= 0.3 is 6.18 Å². The highest BCUT2D eigenvalue weighted by atomic mass is 79.9. The van der Waals surface area contributed by atoms with Crippen LogP contribution >= 0.6 is 31.9 Å². The third-order valence-corrected chi connectivity index (χ3v) is 4.33. The maximum Gasteiger partial charge on any atom is 0.416 e. The van der Waals surface area contributed by atoms with E-state index in [-0.39, 0.29) is 0 Å². The molecule has 0 saturated carbocycles. The van der Waals surface area contributed by atoms with E-state index in [1.54, 1.807) is 6.07 Å². The fourth-order valence-corrected chi connectivity index (χ4v) is 2.91. The van der Waals surface area contributed by atoms with Crippen LogP contribution in [-0.2, 0) is 6.18 Å². The smallest absolute Gasteiger partial charge is 0.416 e. The summed E-state index contributed by atoms with van der Waals surface area (Å²) in [5, 5.41) is 3.14. The predicted molar refractivity (Wildman–Crippen MR) is 81.1 cm³/mol. The molecule has 1 atom stereocenters. The summed E-state index contributed by atoms with van der Waals surface area (Å²) < 4.78 is 45.4. The lowest BCUT2D eigenvalue weighted by molar-refractivity contribution is -0.137. The highest BCUT2D eigenvalue weighted by Gasteiger charge is 2.32. The van der Waals surface area contributed by atoms with E-state index in [4.69, 9.17) is 4.42 Å². The molecule has 0 fully saturated rings. The molecule has 21 heavy (non-hydrogen) atoms. The quantitative estimate of drug-likeness (QED) is 0.696. The largest absolute Gasteiger partial charge is 0.466 e. The highest BCUT2D eigenvalue weighted by molar-refractivity contribution is 9.10. The second kappa shape index (κ2) is 6.54. The second-order valence-corrected chi connectivity index (χ2v) is 6.07.